The van der Waals surface area contributed by atoms with Gasteiger partial charge in [0.15, 0.2) is 0 Å². The van der Waals surface area contributed by atoms with Gasteiger partial charge >= 0.3 is 5.97 Å². The van der Waals surface area contributed by atoms with E-state index in [1.807, 2.05) is 30.3 Å². The van der Waals surface area contributed by atoms with Crippen molar-refractivity contribution in [2.45, 2.75) is 13.0 Å². The van der Waals surface area contributed by atoms with Crippen molar-refractivity contribution in [2.75, 3.05) is 0 Å². The molecular weight excluding hydrogens is 314 g/mol. The summed E-state index contributed by atoms with van der Waals surface area (Å²) in [4.78, 5) is 27.4. The van der Waals surface area contributed by atoms with Gasteiger partial charge in [0.05, 0.1) is 5.56 Å². The van der Waals surface area contributed by atoms with E-state index in [0.29, 0.717) is 10.4 Å². The van der Waals surface area contributed by atoms with Crippen LogP contribution in [0.5, 0.6) is 0 Å². The van der Waals surface area contributed by atoms with Gasteiger partial charge in [0, 0.05) is 22.1 Å². The minimum absolute atomic E-state index is 0.257. The number of aromatic amines is 1. The minimum Gasteiger partial charge on any atom is -0.452 e. The number of benzene rings is 2. The van der Waals surface area contributed by atoms with Crippen LogP contribution in [0.15, 0.2) is 54.7 Å². The zero-order chi connectivity index (χ0) is 16.4. The Kier molecular flexibility index (Phi) is 4.17. The van der Waals surface area contributed by atoms with Gasteiger partial charge in [0.1, 0.15) is 6.10 Å². The van der Waals surface area contributed by atoms with Crippen molar-refractivity contribution >= 4 is 34.3 Å². The van der Waals surface area contributed by atoms with Gasteiger partial charge in [0.25, 0.3) is 5.78 Å². The van der Waals surface area contributed by atoms with Crippen molar-refractivity contribution in [2.24, 2.45) is 0 Å². The highest BCUT2D eigenvalue weighted by atomic mass is 35.5. The maximum atomic E-state index is 12.4. The van der Waals surface area contributed by atoms with E-state index in [4.69, 9.17) is 16.3 Å². The maximum Gasteiger partial charge on any atom is 0.380 e. The molecule has 2 aromatic carbocycles. The van der Waals surface area contributed by atoms with Crippen LogP contribution in [0.4, 0.5) is 0 Å². The standard InChI is InChI=1S/C18H14ClNO3/c1-11(12-5-3-2-4-6-12)23-18(22)17(21)15-10-20-16-8-7-13(19)9-14(15)16/h2-11,20H,1H3. The topological polar surface area (TPSA) is 59.2 Å². The SMILES string of the molecule is CC(OC(=O)C(=O)c1c[nH]c2ccc(Cl)cc12)c1ccccc1. The minimum atomic E-state index is -0.887. The molecular formula is C18H14ClNO3. The lowest BCUT2D eigenvalue weighted by atomic mass is 10.1. The van der Waals surface area contributed by atoms with Gasteiger partial charge in [-0.1, -0.05) is 41.9 Å². The van der Waals surface area contributed by atoms with Crippen LogP contribution < -0.4 is 0 Å². The van der Waals surface area contributed by atoms with Crippen molar-refractivity contribution in [1.82, 2.24) is 4.98 Å². The molecule has 0 saturated carbocycles. The second-order valence-electron chi connectivity index (χ2n) is 5.18. The van der Waals surface area contributed by atoms with E-state index in [1.54, 1.807) is 25.1 Å². The van der Waals surface area contributed by atoms with Gasteiger partial charge in [0.2, 0.25) is 0 Å². The highest BCUT2D eigenvalue weighted by molar-refractivity contribution is 6.43. The molecule has 0 saturated heterocycles. The third kappa shape index (κ3) is 3.12. The molecule has 1 aromatic heterocycles. The van der Waals surface area contributed by atoms with Crippen LogP contribution in [0.2, 0.25) is 5.02 Å². The molecule has 1 heterocycles. The highest BCUT2D eigenvalue weighted by Gasteiger charge is 2.23. The molecule has 4 nitrogen and oxygen atoms in total. The molecule has 3 aromatic rings. The number of carbonyl (C=O) groups is 2. The second kappa shape index (κ2) is 6.26. The maximum absolute atomic E-state index is 12.4. The van der Waals surface area contributed by atoms with Crippen LogP contribution in [0.25, 0.3) is 10.9 Å². The first-order valence-electron chi connectivity index (χ1n) is 7.13. The Balaban J connectivity index is 1.82. The number of hydrogen-bond donors (Lipinski definition) is 1. The molecule has 0 aliphatic heterocycles. The number of esters is 1. The summed E-state index contributed by atoms with van der Waals surface area (Å²) in [5.41, 5.74) is 1.82. The number of H-pyrrole nitrogens is 1. The predicted octanol–water partition coefficient (Wildman–Crippen LogP) is 4.31. The number of nitrogens with one attached hydrogen (secondary N) is 1. The zero-order valence-electron chi connectivity index (χ0n) is 12.4. The number of rotatable bonds is 4. The van der Waals surface area contributed by atoms with Crippen molar-refractivity contribution in [3.63, 3.8) is 0 Å². The highest BCUT2D eigenvalue weighted by Crippen LogP contribution is 2.24. The largest absolute Gasteiger partial charge is 0.452 e. The summed E-state index contributed by atoms with van der Waals surface area (Å²) in [6.45, 7) is 1.73. The number of ketones is 1. The number of ether oxygens (including phenoxy) is 1. The normalized spacial score (nSPS) is 12.1. The summed E-state index contributed by atoms with van der Waals surface area (Å²) in [5, 5.41) is 1.10. The summed E-state index contributed by atoms with van der Waals surface area (Å²) < 4.78 is 5.27. The smallest absolute Gasteiger partial charge is 0.380 e. The van der Waals surface area contributed by atoms with Crippen LogP contribution in [0, 0.1) is 0 Å². The first-order valence-corrected chi connectivity index (χ1v) is 7.51. The van der Waals surface area contributed by atoms with Crippen LogP contribution in [0.1, 0.15) is 28.9 Å². The van der Waals surface area contributed by atoms with E-state index >= 15 is 0 Å². The average Bonchev–Trinajstić information content (AvgIpc) is 2.97. The Morgan fingerprint density at radius 3 is 2.61 bits per heavy atom. The van der Waals surface area contributed by atoms with Crippen molar-refractivity contribution < 1.29 is 14.3 Å². The fourth-order valence-electron chi connectivity index (χ4n) is 2.40. The number of Topliss-reactive ketones (excluding diaryl/α,β-unsaturated/α-hetero) is 1. The molecule has 0 spiro atoms. The lowest BCUT2D eigenvalue weighted by Gasteiger charge is -2.12. The van der Waals surface area contributed by atoms with Gasteiger partial charge < -0.3 is 9.72 Å². The Bertz CT molecular complexity index is 870. The van der Waals surface area contributed by atoms with Crippen LogP contribution >= 0.6 is 11.6 Å². The molecule has 0 amide bonds. The molecule has 0 aliphatic rings. The quantitative estimate of drug-likeness (QED) is 0.441. The Hall–Kier alpha value is -2.59. The van der Waals surface area contributed by atoms with E-state index in [9.17, 15) is 9.59 Å². The molecule has 0 aliphatic carbocycles. The molecule has 5 heteroatoms. The molecule has 3 rings (SSSR count). The fraction of sp³-hybridized carbons (Fsp3) is 0.111. The molecule has 0 radical (unpaired) electrons. The van der Waals surface area contributed by atoms with Crippen LogP contribution in [0.3, 0.4) is 0 Å². The number of halogens is 1. The Morgan fingerprint density at radius 1 is 1.13 bits per heavy atom. The van der Waals surface area contributed by atoms with E-state index in [-0.39, 0.29) is 5.56 Å². The van der Waals surface area contributed by atoms with E-state index < -0.39 is 17.9 Å². The monoisotopic (exact) mass is 327 g/mol. The van der Waals surface area contributed by atoms with Crippen molar-refractivity contribution in [3.8, 4) is 0 Å². The fourth-order valence-corrected chi connectivity index (χ4v) is 2.57. The van der Waals surface area contributed by atoms with Crippen LogP contribution in [-0.4, -0.2) is 16.7 Å². The molecule has 1 N–H and O–H groups in total. The van der Waals surface area contributed by atoms with Gasteiger partial charge in [-0.2, -0.15) is 0 Å². The van der Waals surface area contributed by atoms with E-state index in [1.165, 1.54) is 6.20 Å². The molecule has 1 atom stereocenters. The molecule has 0 bridgehead atoms. The van der Waals surface area contributed by atoms with E-state index in [0.717, 1.165) is 11.1 Å². The third-order valence-corrected chi connectivity index (χ3v) is 3.86. The Morgan fingerprint density at radius 2 is 1.87 bits per heavy atom. The first kappa shape index (κ1) is 15.3. The predicted molar refractivity (Wildman–Crippen MR) is 88.6 cm³/mol. The summed E-state index contributed by atoms with van der Waals surface area (Å²) in [6.07, 6.45) is 0.999. The number of aromatic nitrogens is 1. The Labute approximate surface area is 138 Å². The van der Waals surface area contributed by atoms with Crippen LogP contribution in [-0.2, 0) is 9.53 Å². The summed E-state index contributed by atoms with van der Waals surface area (Å²) in [6, 6.07) is 14.4. The molecule has 23 heavy (non-hydrogen) atoms. The molecule has 0 fully saturated rings. The van der Waals surface area contributed by atoms with E-state index in [2.05, 4.69) is 4.98 Å². The third-order valence-electron chi connectivity index (χ3n) is 3.63. The van der Waals surface area contributed by atoms with Gasteiger partial charge in [-0.05, 0) is 30.7 Å². The lowest BCUT2D eigenvalue weighted by Crippen LogP contribution is -2.19. The summed E-state index contributed by atoms with van der Waals surface area (Å²) in [7, 11) is 0. The number of carbonyl (C=O) groups excluding carboxylic acids is 2. The van der Waals surface area contributed by atoms with Crippen molar-refractivity contribution in [3.05, 3.63) is 70.9 Å². The second-order valence-corrected chi connectivity index (χ2v) is 5.62. The summed E-state index contributed by atoms with van der Waals surface area (Å²) in [5.74, 6) is -1.58. The summed E-state index contributed by atoms with van der Waals surface area (Å²) >= 11 is 5.95. The number of hydrogen-bond acceptors (Lipinski definition) is 3. The average molecular weight is 328 g/mol. The zero-order valence-corrected chi connectivity index (χ0v) is 13.1. The lowest BCUT2D eigenvalue weighted by molar-refractivity contribution is -0.142. The van der Waals surface area contributed by atoms with Gasteiger partial charge in [-0.15, -0.1) is 0 Å². The number of fused-ring (bicyclic) bond motifs is 1. The molecule has 1 unspecified atom stereocenters. The molecule has 116 valence electrons. The van der Waals surface area contributed by atoms with Crippen molar-refractivity contribution in [1.29, 1.82) is 0 Å². The first-order chi connectivity index (χ1) is 11.1. The van der Waals surface area contributed by atoms with Gasteiger partial charge in [-0.25, -0.2) is 4.79 Å². The van der Waals surface area contributed by atoms with Gasteiger partial charge in [-0.3, -0.25) is 4.79 Å².